The first-order chi connectivity index (χ1) is 6.72. The van der Waals surface area contributed by atoms with Gasteiger partial charge in [0, 0.05) is 12.2 Å². The second-order valence-electron chi connectivity index (χ2n) is 3.56. The summed E-state index contributed by atoms with van der Waals surface area (Å²) in [6.45, 7) is 1.52. The highest BCUT2D eigenvalue weighted by Gasteiger charge is 2.32. The predicted octanol–water partition coefficient (Wildman–Crippen LogP) is 1.55. The lowest BCUT2D eigenvalue weighted by atomic mass is 9.92. The van der Waals surface area contributed by atoms with Gasteiger partial charge in [0.2, 0.25) is 0 Å². The summed E-state index contributed by atoms with van der Waals surface area (Å²) in [5.74, 6) is -0.0173. The highest BCUT2D eigenvalue weighted by atomic mass is 32.2. The van der Waals surface area contributed by atoms with Gasteiger partial charge < -0.3 is 0 Å². The van der Waals surface area contributed by atoms with E-state index in [1.165, 1.54) is 13.3 Å². The molecule has 4 nitrogen and oxygen atoms in total. The lowest BCUT2D eigenvalue weighted by Gasteiger charge is -2.34. The van der Waals surface area contributed by atoms with Crippen molar-refractivity contribution in [1.29, 1.82) is 0 Å². The molecule has 5 heteroatoms. The van der Waals surface area contributed by atoms with E-state index >= 15 is 0 Å². The summed E-state index contributed by atoms with van der Waals surface area (Å²) in [4.78, 5) is 11.0. The number of nitrogens with zero attached hydrogens (tertiary/aromatic N) is 3. The summed E-state index contributed by atoms with van der Waals surface area (Å²) >= 11 is 1.86. The van der Waals surface area contributed by atoms with Crippen LogP contribution in [0.4, 0.5) is 0 Å². The van der Waals surface area contributed by atoms with Gasteiger partial charge in [0.05, 0.1) is 12.2 Å². The summed E-state index contributed by atoms with van der Waals surface area (Å²) in [7, 11) is 0. The van der Waals surface area contributed by atoms with Crippen molar-refractivity contribution >= 4 is 17.5 Å². The first kappa shape index (κ1) is 9.71. The lowest BCUT2D eigenvalue weighted by molar-refractivity contribution is 0.101. The predicted molar refractivity (Wildman–Crippen MR) is 55.6 cm³/mol. The summed E-state index contributed by atoms with van der Waals surface area (Å²) in [5, 5.41) is 8.47. The van der Waals surface area contributed by atoms with Crippen LogP contribution in [0, 0.1) is 0 Å². The zero-order valence-corrected chi connectivity index (χ0v) is 9.12. The molecule has 0 aromatic carbocycles. The fraction of sp³-hybridized carbons (Fsp3) is 0.667. The maximum absolute atomic E-state index is 11.0. The Morgan fingerprint density at radius 1 is 1.64 bits per heavy atom. The van der Waals surface area contributed by atoms with E-state index in [9.17, 15) is 4.79 Å². The van der Waals surface area contributed by atoms with E-state index in [1.807, 2.05) is 16.4 Å². The summed E-state index contributed by atoms with van der Waals surface area (Å²) < 4.78 is 1.83. The van der Waals surface area contributed by atoms with Crippen molar-refractivity contribution in [3.63, 3.8) is 0 Å². The first-order valence-electron chi connectivity index (χ1n) is 4.68. The minimum Gasteiger partial charge on any atom is -0.293 e. The van der Waals surface area contributed by atoms with E-state index in [4.69, 9.17) is 0 Å². The summed E-state index contributed by atoms with van der Waals surface area (Å²) in [6.07, 6.45) is 6.25. The van der Waals surface area contributed by atoms with Crippen molar-refractivity contribution < 1.29 is 4.79 Å². The van der Waals surface area contributed by atoms with E-state index in [2.05, 4.69) is 16.6 Å². The molecule has 0 N–H and O–H groups in total. The largest absolute Gasteiger partial charge is 0.293 e. The zero-order chi connectivity index (χ0) is 10.1. The Hall–Kier alpha value is -0.840. The molecule has 0 saturated heterocycles. The average molecular weight is 211 g/mol. The molecule has 1 aromatic rings. The van der Waals surface area contributed by atoms with Crippen LogP contribution in [-0.2, 0) is 0 Å². The molecule has 1 saturated carbocycles. The molecule has 76 valence electrons. The van der Waals surface area contributed by atoms with Crippen LogP contribution in [0.1, 0.15) is 36.3 Å². The minimum absolute atomic E-state index is 0.0173. The Balaban J connectivity index is 2.13. The smallest absolute Gasteiger partial charge is 0.181 e. The van der Waals surface area contributed by atoms with Gasteiger partial charge in [-0.15, -0.1) is 5.10 Å². The second-order valence-corrected chi connectivity index (χ2v) is 4.64. The maximum atomic E-state index is 11.0. The molecule has 0 spiro atoms. The number of aromatic nitrogens is 3. The van der Waals surface area contributed by atoms with E-state index in [0.29, 0.717) is 17.0 Å². The van der Waals surface area contributed by atoms with Crippen LogP contribution >= 0.6 is 11.8 Å². The number of thioether (sulfide) groups is 1. The monoisotopic (exact) mass is 211 g/mol. The van der Waals surface area contributed by atoms with Gasteiger partial charge in [-0.3, -0.25) is 4.79 Å². The molecular formula is C9H13N3OS. The molecule has 1 heterocycles. The van der Waals surface area contributed by atoms with E-state index in [0.717, 1.165) is 6.42 Å². The van der Waals surface area contributed by atoms with Gasteiger partial charge in [-0.05, 0) is 19.1 Å². The molecule has 0 amide bonds. The number of Topliss-reactive ketones (excluding diaryl/α,β-unsaturated/α-hetero) is 1. The molecule has 14 heavy (non-hydrogen) atoms. The van der Waals surface area contributed by atoms with Crippen molar-refractivity contribution in [2.24, 2.45) is 0 Å². The zero-order valence-electron chi connectivity index (χ0n) is 8.30. The highest BCUT2D eigenvalue weighted by Crippen LogP contribution is 2.39. The van der Waals surface area contributed by atoms with Gasteiger partial charge in [0.1, 0.15) is 5.69 Å². The van der Waals surface area contributed by atoms with Gasteiger partial charge in [-0.1, -0.05) is 5.21 Å². The molecule has 2 atom stereocenters. The molecule has 2 rings (SSSR count). The number of ketones is 1. The summed E-state index contributed by atoms with van der Waals surface area (Å²) in [6, 6.07) is 0.436. The Labute approximate surface area is 87.1 Å². The molecule has 2 unspecified atom stereocenters. The van der Waals surface area contributed by atoms with Crippen LogP contribution in [0.15, 0.2) is 6.20 Å². The van der Waals surface area contributed by atoms with Crippen LogP contribution in [0.3, 0.4) is 0 Å². The number of hydrogen-bond acceptors (Lipinski definition) is 4. The topological polar surface area (TPSA) is 47.8 Å². The SMILES string of the molecule is CSC1CCC1n1cc(C(C)=O)nn1. The standard InChI is InChI=1S/C9H13N3OS/c1-6(13)7-5-12(11-10-7)8-3-4-9(8)14-2/h5,8-9H,3-4H2,1-2H3. The lowest BCUT2D eigenvalue weighted by Crippen LogP contribution is -2.31. The van der Waals surface area contributed by atoms with Gasteiger partial charge in [0.25, 0.3) is 0 Å². The van der Waals surface area contributed by atoms with E-state index < -0.39 is 0 Å². The van der Waals surface area contributed by atoms with Crippen LogP contribution in [0.2, 0.25) is 0 Å². The molecule has 1 aromatic heterocycles. The van der Waals surface area contributed by atoms with Crippen LogP contribution < -0.4 is 0 Å². The molecule has 0 bridgehead atoms. The first-order valence-corrected chi connectivity index (χ1v) is 5.96. The molecular weight excluding hydrogens is 198 g/mol. The number of carbonyl (C=O) groups is 1. The molecule has 1 aliphatic rings. The average Bonchev–Trinajstić information content (AvgIpc) is 2.52. The van der Waals surface area contributed by atoms with Gasteiger partial charge >= 0.3 is 0 Å². The van der Waals surface area contributed by atoms with Crippen molar-refractivity contribution in [2.75, 3.05) is 6.26 Å². The van der Waals surface area contributed by atoms with Crippen molar-refractivity contribution in [2.45, 2.75) is 31.1 Å². The third kappa shape index (κ3) is 1.56. The molecule has 0 aliphatic heterocycles. The maximum Gasteiger partial charge on any atom is 0.181 e. The molecule has 1 fully saturated rings. The summed E-state index contributed by atoms with van der Waals surface area (Å²) in [5.41, 5.74) is 0.469. The Morgan fingerprint density at radius 3 is 2.86 bits per heavy atom. The van der Waals surface area contributed by atoms with Crippen LogP contribution in [0.25, 0.3) is 0 Å². The Kier molecular flexibility index (Phi) is 2.58. The Bertz CT molecular complexity index is 348. The van der Waals surface area contributed by atoms with Crippen LogP contribution in [0.5, 0.6) is 0 Å². The highest BCUT2D eigenvalue weighted by molar-refractivity contribution is 7.99. The fourth-order valence-electron chi connectivity index (χ4n) is 1.63. The van der Waals surface area contributed by atoms with Gasteiger partial charge in [-0.25, -0.2) is 4.68 Å². The molecule has 1 aliphatic carbocycles. The Morgan fingerprint density at radius 2 is 2.43 bits per heavy atom. The molecule has 0 radical (unpaired) electrons. The van der Waals surface area contributed by atoms with Gasteiger partial charge in [-0.2, -0.15) is 11.8 Å². The normalized spacial score (nSPS) is 25.9. The fourth-order valence-corrected chi connectivity index (χ4v) is 2.58. The van der Waals surface area contributed by atoms with E-state index in [-0.39, 0.29) is 5.78 Å². The van der Waals surface area contributed by atoms with Crippen molar-refractivity contribution in [3.05, 3.63) is 11.9 Å². The van der Waals surface area contributed by atoms with Gasteiger partial charge in [0.15, 0.2) is 5.78 Å². The van der Waals surface area contributed by atoms with Crippen molar-refractivity contribution in [3.8, 4) is 0 Å². The number of rotatable bonds is 3. The number of hydrogen-bond donors (Lipinski definition) is 0. The minimum atomic E-state index is -0.0173. The third-order valence-corrected chi connectivity index (χ3v) is 3.85. The van der Waals surface area contributed by atoms with E-state index in [1.54, 1.807) is 6.20 Å². The van der Waals surface area contributed by atoms with Crippen molar-refractivity contribution in [1.82, 2.24) is 15.0 Å². The quantitative estimate of drug-likeness (QED) is 0.712. The van der Waals surface area contributed by atoms with Crippen LogP contribution in [-0.4, -0.2) is 32.3 Å². The third-order valence-electron chi connectivity index (χ3n) is 2.69. The number of carbonyl (C=O) groups excluding carboxylic acids is 1. The second kappa shape index (κ2) is 3.73.